The van der Waals surface area contributed by atoms with E-state index in [1.165, 1.54) is 12.2 Å². The third-order valence-electron chi connectivity index (χ3n) is 0.934. The maximum absolute atomic E-state index is 9.75. The molecule has 2 heteroatoms. The number of unbranched alkanes of at least 4 members (excludes halogenated alkanes) is 1. The van der Waals surface area contributed by atoms with Gasteiger partial charge in [-0.2, -0.15) is 11.8 Å². The molecule has 0 saturated carbocycles. The molecule has 0 saturated heterocycles. The van der Waals surface area contributed by atoms with Crippen LogP contribution in [-0.2, 0) is 4.79 Å². The largest absolute Gasteiger partial charge is 0.299 e. The zero-order valence-corrected chi connectivity index (χ0v) is 6.49. The van der Waals surface area contributed by atoms with Crippen molar-refractivity contribution in [3.05, 3.63) is 12.2 Å². The molecule has 1 nitrogen and oxygen atoms in total. The molecular weight excluding hydrogens is 132 g/mol. The van der Waals surface area contributed by atoms with Gasteiger partial charge in [0.15, 0.2) is 0 Å². The van der Waals surface area contributed by atoms with E-state index in [0.717, 1.165) is 12.7 Å². The molecule has 0 aliphatic carbocycles. The topological polar surface area (TPSA) is 17.1 Å². The summed E-state index contributed by atoms with van der Waals surface area (Å²) < 4.78 is 0. The van der Waals surface area contributed by atoms with E-state index in [4.69, 9.17) is 0 Å². The van der Waals surface area contributed by atoms with Crippen LogP contribution in [0.25, 0.3) is 0 Å². The van der Waals surface area contributed by atoms with Gasteiger partial charge in [0.25, 0.3) is 0 Å². The number of aldehydes is 1. The van der Waals surface area contributed by atoms with Crippen LogP contribution in [0, 0.1) is 0 Å². The minimum Gasteiger partial charge on any atom is -0.299 e. The Labute approximate surface area is 60.5 Å². The molecule has 0 bridgehead atoms. The zero-order chi connectivity index (χ0) is 6.95. The number of carbonyl (C=O) groups excluding carboxylic acids is 1. The Morgan fingerprint density at radius 2 is 2.33 bits per heavy atom. The first-order valence-electron chi connectivity index (χ1n) is 3.01. The Kier molecular flexibility index (Phi) is 7.55. The summed E-state index contributed by atoms with van der Waals surface area (Å²) >= 11 is 1.84. The molecule has 0 aromatic rings. The minimum atomic E-state index is 0.819. The zero-order valence-electron chi connectivity index (χ0n) is 5.67. The van der Waals surface area contributed by atoms with E-state index < -0.39 is 0 Å². The van der Waals surface area contributed by atoms with Crippen LogP contribution in [-0.4, -0.2) is 18.3 Å². The lowest BCUT2D eigenvalue weighted by atomic mass is 10.3. The van der Waals surface area contributed by atoms with Crippen LogP contribution >= 0.6 is 11.8 Å². The van der Waals surface area contributed by atoms with Crippen LogP contribution in [0.5, 0.6) is 0 Å². The molecular formula is C7H12OS. The molecule has 0 radical (unpaired) electrons. The van der Waals surface area contributed by atoms with Gasteiger partial charge in [-0.3, -0.25) is 4.79 Å². The summed E-state index contributed by atoms with van der Waals surface area (Å²) in [5, 5.41) is 0. The van der Waals surface area contributed by atoms with Gasteiger partial charge in [-0.1, -0.05) is 6.08 Å². The van der Waals surface area contributed by atoms with Gasteiger partial charge in [-0.15, -0.1) is 0 Å². The highest BCUT2D eigenvalue weighted by Crippen LogP contribution is 1.98. The van der Waals surface area contributed by atoms with Crippen LogP contribution in [0.3, 0.4) is 0 Å². The third kappa shape index (κ3) is 7.76. The predicted octanol–water partition coefficient (Wildman–Crippen LogP) is 1.88. The second-order valence-corrected chi connectivity index (χ2v) is 2.68. The molecule has 0 aromatic carbocycles. The maximum atomic E-state index is 9.75. The van der Waals surface area contributed by atoms with Gasteiger partial charge < -0.3 is 0 Å². The second kappa shape index (κ2) is 7.76. The fourth-order valence-corrected chi connectivity index (χ4v) is 0.953. The first kappa shape index (κ1) is 8.76. The summed E-state index contributed by atoms with van der Waals surface area (Å²) in [4.78, 5) is 9.75. The molecule has 0 amide bonds. The van der Waals surface area contributed by atoms with E-state index in [1.807, 2.05) is 17.8 Å². The molecule has 0 heterocycles. The lowest BCUT2D eigenvalue weighted by Crippen LogP contribution is -1.74. The number of allylic oxidation sites excluding steroid dienone is 2. The summed E-state index contributed by atoms with van der Waals surface area (Å²) in [5.74, 6) is 1.18. The first-order valence-corrected chi connectivity index (χ1v) is 4.40. The van der Waals surface area contributed by atoms with Crippen molar-refractivity contribution in [2.75, 3.05) is 12.0 Å². The van der Waals surface area contributed by atoms with Crippen molar-refractivity contribution in [2.24, 2.45) is 0 Å². The number of rotatable bonds is 5. The van der Waals surface area contributed by atoms with Crippen molar-refractivity contribution in [3.8, 4) is 0 Å². The monoisotopic (exact) mass is 144 g/mol. The standard InChI is InChI=1S/C7H12OS/c1-9-7-5-3-2-4-6-8/h2,4,6H,3,5,7H2,1H3. The fourth-order valence-electron chi connectivity index (χ4n) is 0.497. The van der Waals surface area contributed by atoms with Crippen LogP contribution < -0.4 is 0 Å². The highest BCUT2D eigenvalue weighted by molar-refractivity contribution is 7.98. The average molecular weight is 144 g/mol. The van der Waals surface area contributed by atoms with E-state index in [2.05, 4.69) is 6.26 Å². The second-order valence-electron chi connectivity index (χ2n) is 1.70. The molecule has 0 aliphatic heterocycles. The van der Waals surface area contributed by atoms with E-state index >= 15 is 0 Å². The van der Waals surface area contributed by atoms with Crippen molar-refractivity contribution in [1.82, 2.24) is 0 Å². The van der Waals surface area contributed by atoms with E-state index in [-0.39, 0.29) is 0 Å². The SMILES string of the molecule is CSCCCC=CC=O. The van der Waals surface area contributed by atoms with Gasteiger partial charge in [0.1, 0.15) is 6.29 Å². The van der Waals surface area contributed by atoms with Crippen LogP contribution in [0.15, 0.2) is 12.2 Å². The molecule has 0 atom stereocenters. The lowest BCUT2D eigenvalue weighted by Gasteiger charge is -1.88. The Morgan fingerprint density at radius 1 is 1.56 bits per heavy atom. The van der Waals surface area contributed by atoms with Crippen LogP contribution in [0.4, 0.5) is 0 Å². The number of thioether (sulfide) groups is 1. The molecule has 0 spiro atoms. The molecule has 0 rings (SSSR count). The van der Waals surface area contributed by atoms with Crippen molar-refractivity contribution < 1.29 is 4.79 Å². The summed E-state index contributed by atoms with van der Waals surface area (Å²) in [7, 11) is 0. The molecule has 0 unspecified atom stereocenters. The summed E-state index contributed by atoms with van der Waals surface area (Å²) in [5.41, 5.74) is 0. The molecule has 0 N–H and O–H groups in total. The molecule has 52 valence electrons. The summed E-state index contributed by atoms with van der Waals surface area (Å²) in [6.45, 7) is 0. The molecule has 0 aromatic heterocycles. The lowest BCUT2D eigenvalue weighted by molar-refractivity contribution is -0.104. The number of hydrogen-bond acceptors (Lipinski definition) is 2. The Hall–Kier alpha value is -0.240. The Balaban J connectivity index is 2.90. The van der Waals surface area contributed by atoms with Gasteiger partial charge >= 0.3 is 0 Å². The van der Waals surface area contributed by atoms with E-state index in [0.29, 0.717) is 0 Å². The number of hydrogen-bond donors (Lipinski definition) is 0. The quantitative estimate of drug-likeness (QED) is 0.333. The average Bonchev–Trinajstić information content (AvgIpc) is 1.89. The summed E-state index contributed by atoms with van der Waals surface area (Å²) in [6.07, 6.45) is 8.57. The van der Waals surface area contributed by atoms with E-state index in [1.54, 1.807) is 6.08 Å². The van der Waals surface area contributed by atoms with Gasteiger partial charge in [0.05, 0.1) is 0 Å². The Morgan fingerprint density at radius 3 is 2.89 bits per heavy atom. The number of carbonyl (C=O) groups is 1. The first-order chi connectivity index (χ1) is 4.41. The molecule has 0 aliphatic rings. The fraction of sp³-hybridized carbons (Fsp3) is 0.571. The molecule has 0 fully saturated rings. The highest BCUT2D eigenvalue weighted by atomic mass is 32.2. The van der Waals surface area contributed by atoms with Crippen molar-refractivity contribution in [3.63, 3.8) is 0 Å². The molecule has 9 heavy (non-hydrogen) atoms. The van der Waals surface area contributed by atoms with Gasteiger partial charge in [0.2, 0.25) is 0 Å². The van der Waals surface area contributed by atoms with Gasteiger partial charge in [-0.25, -0.2) is 0 Å². The third-order valence-corrected chi connectivity index (χ3v) is 1.63. The maximum Gasteiger partial charge on any atom is 0.142 e. The smallest absolute Gasteiger partial charge is 0.142 e. The van der Waals surface area contributed by atoms with Crippen LogP contribution in [0.2, 0.25) is 0 Å². The van der Waals surface area contributed by atoms with Crippen molar-refractivity contribution in [2.45, 2.75) is 12.8 Å². The van der Waals surface area contributed by atoms with Crippen molar-refractivity contribution in [1.29, 1.82) is 0 Å². The van der Waals surface area contributed by atoms with E-state index in [9.17, 15) is 4.79 Å². The van der Waals surface area contributed by atoms with Crippen molar-refractivity contribution >= 4 is 18.0 Å². The normalized spacial score (nSPS) is 10.3. The van der Waals surface area contributed by atoms with Gasteiger partial charge in [-0.05, 0) is 30.9 Å². The highest BCUT2D eigenvalue weighted by Gasteiger charge is 1.79. The summed E-state index contributed by atoms with van der Waals surface area (Å²) in [6, 6.07) is 0. The van der Waals surface area contributed by atoms with Crippen LogP contribution in [0.1, 0.15) is 12.8 Å². The minimum absolute atomic E-state index is 0.819. The predicted molar refractivity (Wildman–Crippen MR) is 42.8 cm³/mol. The van der Waals surface area contributed by atoms with Gasteiger partial charge in [0, 0.05) is 0 Å². The Bertz CT molecular complexity index is 88.9.